The van der Waals surface area contributed by atoms with E-state index in [0.717, 1.165) is 50.0 Å². The van der Waals surface area contributed by atoms with Gasteiger partial charge in [-0.25, -0.2) is 4.39 Å². The maximum absolute atomic E-state index is 13.5. The van der Waals surface area contributed by atoms with Gasteiger partial charge in [-0.3, -0.25) is 14.3 Å². The van der Waals surface area contributed by atoms with Gasteiger partial charge in [0.05, 0.1) is 12.1 Å². The van der Waals surface area contributed by atoms with Gasteiger partial charge in [-0.2, -0.15) is 5.10 Å². The highest BCUT2D eigenvalue weighted by Gasteiger charge is 2.34. The van der Waals surface area contributed by atoms with E-state index in [2.05, 4.69) is 34.5 Å². The Morgan fingerprint density at radius 3 is 2.29 bits per heavy atom. The Hall–Kier alpha value is -3.26. The average molecular weight is 524 g/mol. The maximum atomic E-state index is 13.5. The molecule has 1 aromatic heterocycles. The van der Waals surface area contributed by atoms with E-state index in [-0.39, 0.29) is 17.4 Å². The third-order valence-corrected chi connectivity index (χ3v) is 6.55. The number of carbonyl (C=O) groups is 2. The van der Waals surface area contributed by atoms with Crippen molar-refractivity contribution in [3.63, 3.8) is 0 Å². The number of hydrogen-bond acceptors (Lipinski definition) is 4. The minimum atomic E-state index is -0.724. The van der Waals surface area contributed by atoms with Crippen LogP contribution in [-0.2, 0) is 11.3 Å². The van der Waals surface area contributed by atoms with Gasteiger partial charge < -0.3 is 15.5 Å². The first-order valence-electron chi connectivity index (χ1n) is 13.6. The van der Waals surface area contributed by atoms with E-state index in [1.165, 1.54) is 12.1 Å². The number of halogens is 1. The van der Waals surface area contributed by atoms with Crippen molar-refractivity contribution in [1.82, 2.24) is 25.3 Å². The number of carbonyl (C=O) groups excluding carboxylic acids is 2. The van der Waals surface area contributed by atoms with Crippen molar-refractivity contribution in [2.75, 3.05) is 26.2 Å². The molecule has 2 N–H and O–H groups in total. The molecule has 38 heavy (non-hydrogen) atoms. The number of nitrogens with one attached hydrogen (secondary N) is 2. The highest BCUT2D eigenvalue weighted by Crippen LogP contribution is 2.23. The van der Waals surface area contributed by atoms with Crippen LogP contribution < -0.4 is 10.6 Å². The smallest absolute Gasteiger partial charge is 0.273 e. The van der Waals surface area contributed by atoms with Crippen LogP contribution >= 0.6 is 0 Å². The summed E-state index contributed by atoms with van der Waals surface area (Å²) < 4.78 is 15.1. The van der Waals surface area contributed by atoms with Crippen molar-refractivity contribution in [1.29, 1.82) is 0 Å². The fraction of sp³-hybridized carbons (Fsp3) is 0.500. The van der Waals surface area contributed by atoms with E-state index in [4.69, 9.17) is 0 Å². The molecule has 2 amide bonds. The zero-order valence-corrected chi connectivity index (χ0v) is 23.4. The molecule has 7 nitrogen and oxygen atoms in total. The lowest BCUT2D eigenvalue weighted by molar-refractivity contribution is -0.125. The van der Waals surface area contributed by atoms with Crippen LogP contribution in [0, 0.1) is 11.2 Å². The molecule has 3 aromatic rings. The summed E-state index contributed by atoms with van der Waals surface area (Å²) in [5, 5.41) is 11.3. The third kappa shape index (κ3) is 7.87. The van der Waals surface area contributed by atoms with Gasteiger partial charge in [0.15, 0.2) is 5.69 Å². The number of amides is 2. The zero-order valence-electron chi connectivity index (χ0n) is 23.4. The molecule has 8 heteroatoms. The van der Waals surface area contributed by atoms with E-state index < -0.39 is 17.4 Å². The van der Waals surface area contributed by atoms with Crippen molar-refractivity contribution < 1.29 is 14.0 Å². The summed E-state index contributed by atoms with van der Waals surface area (Å²) in [6.45, 7) is 14.2. The van der Waals surface area contributed by atoms with E-state index in [0.29, 0.717) is 18.5 Å². The van der Waals surface area contributed by atoms with Crippen molar-refractivity contribution >= 4 is 22.7 Å². The molecule has 0 saturated carbocycles. The Labute approximate surface area is 225 Å². The minimum Gasteiger partial charge on any atom is -0.354 e. The summed E-state index contributed by atoms with van der Waals surface area (Å²) in [4.78, 5) is 29.1. The lowest BCUT2D eigenvalue weighted by Gasteiger charge is -2.30. The summed E-state index contributed by atoms with van der Waals surface area (Å²) in [6, 6.07) is 13.0. The second-order valence-corrected chi connectivity index (χ2v) is 10.9. The molecule has 1 heterocycles. The molecule has 0 spiro atoms. The number of fused-ring (bicyclic) bond motifs is 1. The molecule has 1 unspecified atom stereocenters. The summed E-state index contributed by atoms with van der Waals surface area (Å²) in [6.07, 6.45) is 3.08. The fourth-order valence-electron chi connectivity index (χ4n) is 4.64. The molecule has 2 aromatic carbocycles. The Morgan fingerprint density at radius 1 is 1.00 bits per heavy atom. The van der Waals surface area contributed by atoms with Crippen LogP contribution in [0.25, 0.3) is 10.9 Å². The number of aromatic nitrogens is 2. The van der Waals surface area contributed by atoms with Crippen LogP contribution in [0.2, 0.25) is 0 Å². The van der Waals surface area contributed by atoms with Crippen LogP contribution in [0.4, 0.5) is 4.39 Å². The summed E-state index contributed by atoms with van der Waals surface area (Å²) in [7, 11) is 0. The van der Waals surface area contributed by atoms with Crippen molar-refractivity contribution in [3.05, 3.63) is 65.6 Å². The Morgan fingerprint density at radius 2 is 1.66 bits per heavy atom. The Kier molecular flexibility index (Phi) is 10.4. The van der Waals surface area contributed by atoms with Crippen LogP contribution in [0.15, 0.2) is 48.5 Å². The molecule has 0 aliphatic heterocycles. The predicted octanol–water partition coefficient (Wildman–Crippen LogP) is 5.00. The topological polar surface area (TPSA) is 79.3 Å². The normalized spacial score (nSPS) is 12.6. The fourth-order valence-corrected chi connectivity index (χ4v) is 4.64. The van der Waals surface area contributed by atoms with Gasteiger partial charge in [-0.1, -0.05) is 65.0 Å². The Balaban J connectivity index is 1.72. The molecule has 0 fully saturated rings. The maximum Gasteiger partial charge on any atom is 0.273 e. The monoisotopic (exact) mass is 523 g/mol. The minimum absolute atomic E-state index is 0.196. The number of rotatable bonds is 13. The molecule has 1 atom stereocenters. The number of benzene rings is 2. The first-order valence-corrected chi connectivity index (χ1v) is 13.6. The molecule has 0 radical (unpaired) electrons. The highest BCUT2D eigenvalue weighted by atomic mass is 19.1. The first kappa shape index (κ1) is 29.3. The second kappa shape index (κ2) is 13.5. The predicted molar refractivity (Wildman–Crippen MR) is 151 cm³/mol. The average Bonchev–Trinajstić information content (AvgIpc) is 3.24. The summed E-state index contributed by atoms with van der Waals surface area (Å²) >= 11 is 0. The van der Waals surface area contributed by atoms with Crippen LogP contribution in [-0.4, -0.2) is 58.7 Å². The van der Waals surface area contributed by atoms with Gasteiger partial charge >= 0.3 is 0 Å². The quantitative estimate of drug-likeness (QED) is 0.309. The summed E-state index contributed by atoms with van der Waals surface area (Å²) in [5.74, 6) is -0.894. The van der Waals surface area contributed by atoms with E-state index in [1.54, 1.807) is 16.8 Å². The second-order valence-electron chi connectivity index (χ2n) is 10.9. The molecule has 206 valence electrons. The van der Waals surface area contributed by atoms with E-state index in [9.17, 15) is 14.0 Å². The number of hydrogen-bond donors (Lipinski definition) is 2. The zero-order chi connectivity index (χ0) is 27.7. The lowest BCUT2D eigenvalue weighted by atomic mass is 9.86. The van der Waals surface area contributed by atoms with E-state index >= 15 is 0 Å². The van der Waals surface area contributed by atoms with Gasteiger partial charge in [0.2, 0.25) is 5.91 Å². The van der Waals surface area contributed by atoms with E-state index in [1.807, 2.05) is 45.0 Å². The molecular formula is C30H42FN5O2. The van der Waals surface area contributed by atoms with Crippen molar-refractivity contribution in [2.45, 2.75) is 66.5 Å². The summed E-state index contributed by atoms with van der Waals surface area (Å²) in [5.41, 5.74) is 1.43. The van der Waals surface area contributed by atoms with Gasteiger partial charge in [0, 0.05) is 11.9 Å². The third-order valence-electron chi connectivity index (χ3n) is 6.55. The molecular weight excluding hydrogens is 481 g/mol. The van der Waals surface area contributed by atoms with Gasteiger partial charge in [-0.05, 0) is 68.1 Å². The van der Waals surface area contributed by atoms with Crippen molar-refractivity contribution in [2.24, 2.45) is 5.41 Å². The molecule has 0 bridgehead atoms. The number of para-hydroxylation sites is 1. The van der Waals surface area contributed by atoms with Crippen LogP contribution in [0.1, 0.15) is 69.9 Å². The van der Waals surface area contributed by atoms with Gasteiger partial charge in [0.1, 0.15) is 11.9 Å². The Bertz CT molecular complexity index is 1190. The first-order chi connectivity index (χ1) is 18.1. The SMILES string of the molecule is CCCN(CCC)CCCNC(=O)C(NC(=O)c1nn(Cc2ccc(F)cc2)c2ccccc12)C(C)(C)C. The molecule has 3 rings (SSSR count). The van der Waals surface area contributed by atoms with Crippen LogP contribution in [0.5, 0.6) is 0 Å². The largest absolute Gasteiger partial charge is 0.354 e. The van der Waals surface area contributed by atoms with Gasteiger partial charge in [-0.15, -0.1) is 0 Å². The van der Waals surface area contributed by atoms with Gasteiger partial charge in [0.25, 0.3) is 5.91 Å². The molecule has 0 saturated heterocycles. The standard InChI is InChI=1S/C30H42FN5O2/c1-6-18-35(19-7-2)20-10-17-32-29(38)27(30(3,4)5)33-28(37)26-24-11-8-9-12-25(24)36(34-26)21-22-13-15-23(31)16-14-22/h8-9,11-16,27H,6-7,10,17-21H2,1-5H3,(H,32,38)(H,33,37). The molecule has 0 aliphatic carbocycles. The highest BCUT2D eigenvalue weighted by molar-refractivity contribution is 6.06. The lowest BCUT2D eigenvalue weighted by Crippen LogP contribution is -2.54. The number of nitrogens with zero attached hydrogens (tertiary/aromatic N) is 3. The van der Waals surface area contributed by atoms with Crippen molar-refractivity contribution in [3.8, 4) is 0 Å². The van der Waals surface area contributed by atoms with Crippen LogP contribution in [0.3, 0.4) is 0 Å². The molecule has 0 aliphatic rings.